The third kappa shape index (κ3) is 2.87. The van der Waals surface area contributed by atoms with Gasteiger partial charge in [0.2, 0.25) is 0 Å². The molecule has 16 heavy (non-hydrogen) atoms. The second kappa shape index (κ2) is 5.03. The highest BCUT2D eigenvalue weighted by Crippen LogP contribution is 2.60. The van der Waals surface area contributed by atoms with Crippen LogP contribution in [0.3, 0.4) is 0 Å². The van der Waals surface area contributed by atoms with Gasteiger partial charge >= 0.3 is 0 Å². The highest BCUT2D eigenvalue weighted by Gasteiger charge is 2.54. The Labute approximate surface area is 99.6 Å². The summed E-state index contributed by atoms with van der Waals surface area (Å²) in [5.41, 5.74) is 7.49. The van der Waals surface area contributed by atoms with E-state index in [0.29, 0.717) is 5.92 Å². The molecule has 1 rings (SSSR count). The summed E-state index contributed by atoms with van der Waals surface area (Å²) in [5, 5.41) is 9.35. The fourth-order valence-corrected chi connectivity index (χ4v) is 2.33. The normalized spacial score (nSPS) is 27.4. The molecule has 2 atom stereocenters. The van der Waals surface area contributed by atoms with Crippen molar-refractivity contribution in [2.45, 2.75) is 47.5 Å². The number of hydrogen-bond donors (Lipinski definition) is 1. The van der Waals surface area contributed by atoms with Gasteiger partial charge in [0.15, 0.2) is 0 Å². The second-order valence-electron chi connectivity index (χ2n) is 5.51. The molecular weight excluding hydrogens is 196 g/mol. The lowest BCUT2D eigenvalue weighted by atomic mass is 9.98. The van der Waals surface area contributed by atoms with Crippen LogP contribution in [0.25, 0.3) is 0 Å². The van der Waals surface area contributed by atoms with E-state index >= 15 is 0 Å². The Hall–Kier alpha value is -0.780. The highest BCUT2D eigenvalue weighted by molar-refractivity contribution is 5.37. The Kier molecular flexibility index (Phi) is 4.18. The quantitative estimate of drug-likeness (QED) is 0.563. The molecule has 1 aliphatic carbocycles. The summed E-state index contributed by atoms with van der Waals surface area (Å²) >= 11 is 0. The van der Waals surface area contributed by atoms with Gasteiger partial charge in [-0.1, -0.05) is 18.6 Å². The standard InChI is InChI=1S/C15H24O/c1-11(2)7-6-8-15(5)13(9-12(3)4)14(15)10-16/h7,14,16H,6,8,10H2,1-5H3/t14-,15+/m0/s1. The van der Waals surface area contributed by atoms with E-state index in [0.717, 1.165) is 12.8 Å². The van der Waals surface area contributed by atoms with E-state index in [-0.39, 0.29) is 12.0 Å². The van der Waals surface area contributed by atoms with Crippen LogP contribution in [0, 0.1) is 11.3 Å². The fourth-order valence-electron chi connectivity index (χ4n) is 2.33. The zero-order valence-electron chi connectivity index (χ0n) is 11.2. The SMILES string of the molecule is CC(C)=C=C1[C@H](CO)[C@]1(C)CCC=C(C)C. The van der Waals surface area contributed by atoms with E-state index in [1.807, 2.05) is 0 Å². The van der Waals surface area contributed by atoms with Crippen molar-refractivity contribution in [3.05, 3.63) is 28.5 Å². The molecule has 0 saturated heterocycles. The average Bonchev–Trinajstić information content (AvgIpc) is 2.68. The lowest BCUT2D eigenvalue weighted by molar-refractivity contribution is 0.251. The fraction of sp³-hybridized carbons (Fsp3) is 0.667. The zero-order chi connectivity index (χ0) is 12.3. The van der Waals surface area contributed by atoms with Crippen molar-refractivity contribution in [3.8, 4) is 0 Å². The lowest BCUT2D eigenvalue weighted by Crippen LogP contribution is -2.00. The van der Waals surface area contributed by atoms with Gasteiger partial charge in [0.1, 0.15) is 0 Å². The van der Waals surface area contributed by atoms with Gasteiger partial charge in [-0.25, -0.2) is 0 Å². The molecule has 0 radical (unpaired) electrons. The first-order chi connectivity index (χ1) is 7.41. The number of rotatable bonds is 4. The Balaban J connectivity index is 2.72. The minimum Gasteiger partial charge on any atom is -0.396 e. The Morgan fingerprint density at radius 3 is 2.44 bits per heavy atom. The lowest BCUT2D eigenvalue weighted by Gasteiger charge is -2.06. The van der Waals surface area contributed by atoms with E-state index in [1.165, 1.54) is 16.7 Å². The third-order valence-corrected chi connectivity index (χ3v) is 3.43. The van der Waals surface area contributed by atoms with Gasteiger partial charge in [0.25, 0.3) is 0 Å². The molecule has 0 aromatic heterocycles. The predicted octanol–water partition coefficient (Wildman–Crippen LogP) is 3.85. The maximum absolute atomic E-state index is 9.35. The van der Waals surface area contributed by atoms with Crippen molar-refractivity contribution in [2.75, 3.05) is 6.61 Å². The molecule has 90 valence electrons. The zero-order valence-corrected chi connectivity index (χ0v) is 11.2. The molecule has 1 heteroatoms. The van der Waals surface area contributed by atoms with Crippen LogP contribution in [0.5, 0.6) is 0 Å². The Morgan fingerprint density at radius 2 is 2.00 bits per heavy atom. The number of allylic oxidation sites excluding steroid dienone is 2. The number of hydrogen-bond acceptors (Lipinski definition) is 1. The largest absolute Gasteiger partial charge is 0.396 e. The van der Waals surface area contributed by atoms with E-state index in [4.69, 9.17) is 0 Å². The van der Waals surface area contributed by atoms with Crippen molar-refractivity contribution < 1.29 is 5.11 Å². The molecule has 0 aromatic carbocycles. The second-order valence-corrected chi connectivity index (χ2v) is 5.51. The molecule has 1 aliphatic rings. The van der Waals surface area contributed by atoms with Gasteiger partial charge < -0.3 is 5.11 Å². The van der Waals surface area contributed by atoms with Gasteiger partial charge in [0, 0.05) is 11.3 Å². The highest BCUT2D eigenvalue weighted by atomic mass is 16.3. The maximum Gasteiger partial charge on any atom is 0.0511 e. The van der Waals surface area contributed by atoms with Crippen LogP contribution < -0.4 is 0 Å². The summed E-state index contributed by atoms with van der Waals surface area (Å²) in [6.45, 7) is 10.9. The summed E-state index contributed by atoms with van der Waals surface area (Å²) in [7, 11) is 0. The van der Waals surface area contributed by atoms with Gasteiger partial charge in [-0.2, -0.15) is 0 Å². The molecule has 0 unspecified atom stereocenters. The summed E-state index contributed by atoms with van der Waals surface area (Å²) in [4.78, 5) is 0. The third-order valence-electron chi connectivity index (χ3n) is 3.43. The van der Waals surface area contributed by atoms with Gasteiger partial charge in [-0.15, -0.1) is 5.73 Å². The van der Waals surface area contributed by atoms with E-state index < -0.39 is 0 Å². The summed E-state index contributed by atoms with van der Waals surface area (Å²) in [6.07, 6.45) is 4.50. The van der Waals surface area contributed by atoms with Crippen LogP contribution in [0.1, 0.15) is 47.5 Å². The van der Waals surface area contributed by atoms with E-state index in [2.05, 4.69) is 46.4 Å². The maximum atomic E-state index is 9.35. The Morgan fingerprint density at radius 1 is 1.38 bits per heavy atom. The van der Waals surface area contributed by atoms with Gasteiger partial charge in [-0.05, 0) is 51.7 Å². The topological polar surface area (TPSA) is 20.2 Å². The van der Waals surface area contributed by atoms with Crippen molar-refractivity contribution >= 4 is 0 Å². The van der Waals surface area contributed by atoms with Crippen LogP contribution in [-0.4, -0.2) is 11.7 Å². The molecule has 1 nitrogen and oxygen atoms in total. The molecule has 1 saturated carbocycles. The van der Waals surface area contributed by atoms with Crippen LogP contribution in [0.2, 0.25) is 0 Å². The molecule has 0 heterocycles. The van der Waals surface area contributed by atoms with Gasteiger partial charge in [0.05, 0.1) is 6.61 Å². The summed E-state index contributed by atoms with van der Waals surface area (Å²) in [6, 6.07) is 0. The summed E-state index contributed by atoms with van der Waals surface area (Å²) < 4.78 is 0. The molecule has 0 bridgehead atoms. The number of aliphatic hydroxyl groups is 1. The van der Waals surface area contributed by atoms with Crippen LogP contribution in [0.15, 0.2) is 28.5 Å². The summed E-state index contributed by atoms with van der Waals surface area (Å²) in [5.74, 6) is 0.341. The molecule has 0 aromatic rings. The first-order valence-electron chi connectivity index (χ1n) is 6.10. The average molecular weight is 220 g/mol. The Bertz CT molecular complexity index is 348. The van der Waals surface area contributed by atoms with Gasteiger partial charge in [-0.3, -0.25) is 0 Å². The minimum atomic E-state index is 0.192. The molecule has 0 amide bonds. The smallest absolute Gasteiger partial charge is 0.0511 e. The van der Waals surface area contributed by atoms with Crippen molar-refractivity contribution in [2.24, 2.45) is 11.3 Å². The van der Waals surface area contributed by atoms with Crippen LogP contribution in [-0.2, 0) is 0 Å². The molecule has 0 aliphatic heterocycles. The first kappa shape index (κ1) is 13.3. The molecular formula is C15H24O. The van der Waals surface area contributed by atoms with Crippen molar-refractivity contribution in [1.29, 1.82) is 0 Å². The predicted molar refractivity (Wildman–Crippen MR) is 69.2 cm³/mol. The van der Waals surface area contributed by atoms with E-state index in [1.54, 1.807) is 0 Å². The number of aliphatic hydroxyl groups excluding tert-OH is 1. The minimum absolute atomic E-state index is 0.192. The van der Waals surface area contributed by atoms with E-state index in [9.17, 15) is 5.11 Å². The van der Waals surface area contributed by atoms with Crippen molar-refractivity contribution in [3.63, 3.8) is 0 Å². The first-order valence-corrected chi connectivity index (χ1v) is 6.10. The molecule has 1 fully saturated rings. The molecule has 0 spiro atoms. The van der Waals surface area contributed by atoms with Crippen LogP contribution in [0.4, 0.5) is 0 Å². The monoisotopic (exact) mass is 220 g/mol. The van der Waals surface area contributed by atoms with Crippen molar-refractivity contribution in [1.82, 2.24) is 0 Å². The van der Waals surface area contributed by atoms with Crippen LogP contribution >= 0.6 is 0 Å². The molecule has 1 N–H and O–H groups in total.